The predicted molar refractivity (Wildman–Crippen MR) is 117 cm³/mol. The van der Waals surface area contributed by atoms with Gasteiger partial charge in [0.2, 0.25) is 0 Å². The van der Waals surface area contributed by atoms with E-state index in [-0.39, 0.29) is 23.8 Å². The van der Waals surface area contributed by atoms with Crippen LogP contribution in [0.15, 0.2) is 24.3 Å². The van der Waals surface area contributed by atoms with E-state index >= 15 is 0 Å². The van der Waals surface area contributed by atoms with Gasteiger partial charge in [-0.15, -0.1) is 0 Å². The highest BCUT2D eigenvalue weighted by Gasteiger charge is 2.21. The molecule has 2 atom stereocenters. The quantitative estimate of drug-likeness (QED) is 0.269. The Hall–Kier alpha value is -1.92. The minimum absolute atomic E-state index is 0.0568. The second-order valence-corrected chi connectivity index (χ2v) is 7.56. The topological polar surface area (TPSA) is 82.1 Å². The summed E-state index contributed by atoms with van der Waals surface area (Å²) in [7, 11) is 0. The Morgan fingerprint density at radius 2 is 1.67 bits per heavy atom. The van der Waals surface area contributed by atoms with Gasteiger partial charge in [-0.1, -0.05) is 65.0 Å². The molecule has 0 bridgehead atoms. The number of ether oxygens (including phenoxy) is 3. The Bertz CT molecular complexity index is 615. The number of rotatable bonds is 17. The van der Waals surface area contributed by atoms with Gasteiger partial charge in [0, 0.05) is 6.61 Å². The molecular weight excluding hydrogens is 384 g/mol. The molecule has 30 heavy (non-hydrogen) atoms. The number of esters is 1. The summed E-state index contributed by atoms with van der Waals surface area (Å²) in [5, 5.41) is 9.28. The van der Waals surface area contributed by atoms with Crippen molar-refractivity contribution in [2.45, 2.75) is 71.8 Å². The fraction of sp³-hybridized carbons (Fsp3) is 0.667. The van der Waals surface area contributed by atoms with E-state index in [1.807, 2.05) is 0 Å². The van der Waals surface area contributed by atoms with Crippen LogP contribution in [-0.2, 0) is 14.2 Å². The Labute approximate surface area is 180 Å². The maximum Gasteiger partial charge on any atom is 0.339 e. The third kappa shape index (κ3) is 10.2. The van der Waals surface area contributed by atoms with Gasteiger partial charge in [0.05, 0.1) is 30.4 Å². The fourth-order valence-electron chi connectivity index (χ4n) is 3.25. The number of carbonyl (C=O) groups is 2. The molecule has 0 aliphatic heterocycles. The molecule has 1 N–H and O–H groups in total. The molecule has 1 aromatic carbocycles. The molecule has 0 radical (unpaired) electrons. The number of hydrogen-bond donors (Lipinski definition) is 1. The van der Waals surface area contributed by atoms with E-state index < -0.39 is 11.9 Å². The molecule has 0 heterocycles. The van der Waals surface area contributed by atoms with Crippen molar-refractivity contribution in [2.24, 2.45) is 5.92 Å². The highest BCUT2D eigenvalue weighted by molar-refractivity contribution is 6.02. The second kappa shape index (κ2) is 15.9. The van der Waals surface area contributed by atoms with Crippen molar-refractivity contribution in [3.8, 4) is 0 Å². The summed E-state index contributed by atoms with van der Waals surface area (Å²) in [6, 6.07) is 6.09. The highest BCUT2D eigenvalue weighted by Crippen LogP contribution is 2.21. The zero-order valence-electron chi connectivity index (χ0n) is 18.7. The standard InChI is InChI=1S/C24H38O6/c1-4-7-11-19(6-3)17-20(29-16-15-28-14-8-5-2)18-30-24(27)22-13-10-9-12-21(22)23(25)26/h9-10,12-13,19-20H,4-8,11,14-18H2,1-3H3,(H,25,26). The van der Waals surface area contributed by atoms with Crippen LogP contribution in [0.2, 0.25) is 0 Å². The lowest BCUT2D eigenvalue weighted by Crippen LogP contribution is -2.27. The lowest BCUT2D eigenvalue weighted by Gasteiger charge is -2.23. The fourth-order valence-corrected chi connectivity index (χ4v) is 3.25. The molecule has 170 valence electrons. The first-order valence-corrected chi connectivity index (χ1v) is 11.2. The second-order valence-electron chi connectivity index (χ2n) is 7.56. The Balaban J connectivity index is 2.66. The summed E-state index contributed by atoms with van der Waals surface area (Å²) in [6.45, 7) is 8.24. The molecule has 0 aliphatic rings. The number of hydrogen-bond acceptors (Lipinski definition) is 5. The molecule has 0 aromatic heterocycles. The van der Waals surface area contributed by atoms with Gasteiger partial charge in [-0.3, -0.25) is 0 Å². The van der Waals surface area contributed by atoms with Crippen LogP contribution in [0.1, 0.15) is 86.4 Å². The first-order valence-electron chi connectivity index (χ1n) is 11.2. The van der Waals surface area contributed by atoms with E-state index in [2.05, 4.69) is 20.8 Å². The average Bonchev–Trinajstić information content (AvgIpc) is 2.76. The summed E-state index contributed by atoms with van der Waals surface area (Å²) in [4.78, 5) is 23.8. The normalized spacial score (nSPS) is 13.0. The van der Waals surface area contributed by atoms with Gasteiger partial charge < -0.3 is 19.3 Å². The van der Waals surface area contributed by atoms with Gasteiger partial charge >= 0.3 is 11.9 Å². The molecule has 2 unspecified atom stereocenters. The molecule has 0 amide bonds. The molecule has 0 aliphatic carbocycles. The van der Waals surface area contributed by atoms with E-state index in [9.17, 15) is 14.7 Å². The van der Waals surface area contributed by atoms with Gasteiger partial charge in [0.15, 0.2) is 0 Å². The number of carboxylic acids is 1. The van der Waals surface area contributed by atoms with Crippen LogP contribution in [0.25, 0.3) is 0 Å². The maximum atomic E-state index is 12.5. The third-order valence-corrected chi connectivity index (χ3v) is 5.14. The number of carbonyl (C=O) groups excluding carboxylic acids is 1. The van der Waals surface area contributed by atoms with Crippen LogP contribution < -0.4 is 0 Å². The van der Waals surface area contributed by atoms with Crippen LogP contribution in [-0.4, -0.2) is 49.6 Å². The molecule has 6 heteroatoms. The third-order valence-electron chi connectivity index (χ3n) is 5.14. The van der Waals surface area contributed by atoms with Crippen LogP contribution in [0.5, 0.6) is 0 Å². The molecule has 0 fully saturated rings. The van der Waals surface area contributed by atoms with Gasteiger partial charge in [0.25, 0.3) is 0 Å². The van der Waals surface area contributed by atoms with E-state index in [1.165, 1.54) is 12.1 Å². The molecule has 0 spiro atoms. The zero-order valence-corrected chi connectivity index (χ0v) is 18.7. The SMILES string of the molecule is CCCCOCCOC(COC(=O)c1ccccc1C(=O)O)CC(CC)CCCC. The first-order chi connectivity index (χ1) is 14.5. The molecule has 0 saturated heterocycles. The van der Waals surface area contributed by atoms with Crippen molar-refractivity contribution in [1.29, 1.82) is 0 Å². The zero-order chi connectivity index (χ0) is 22.2. The van der Waals surface area contributed by atoms with Crippen molar-refractivity contribution in [3.05, 3.63) is 35.4 Å². The number of unbranched alkanes of at least 4 members (excludes halogenated alkanes) is 2. The van der Waals surface area contributed by atoms with Crippen LogP contribution in [0.3, 0.4) is 0 Å². The number of aromatic carboxylic acids is 1. The van der Waals surface area contributed by atoms with Crippen LogP contribution >= 0.6 is 0 Å². The van der Waals surface area contributed by atoms with Gasteiger partial charge in [-0.25, -0.2) is 9.59 Å². The summed E-state index contributed by atoms with van der Waals surface area (Å²) in [5.74, 6) is -1.28. The molecule has 6 nitrogen and oxygen atoms in total. The first kappa shape index (κ1) is 26.1. The van der Waals surface area contributed by atoms with Crippen LogP contribution in [0, 0.1) is 5.92 Å². The predicted octanol–water partition coefficient (Wildman–Crippen LogP) is 5.35. The van der Waals surface area contributed by atoms with E-state index in [0.717, 1.165) is 51.6 Å². The molecule has 1 aromatic rings. The van der Waals surface area contributed by atoms with Gasteiger partial charge in [0.1, 0.15) is 6.61 Å². The van der Waals surface area contributed by atoms with Gasteiger partial charge in [-0.2, -0.15) is 0 Å². The number of carboxylic acid groups (broad SMARTS) is 1. The average molecular weight is 423 g/mol. The minimum Gasteiger partial charge on any atom is -0.478 e. The number of benzene rings is 1. The maximum absolute atomic E-state index is 12.5. The lowest BCUT2D eigenvalue weighted by molar-refractivity contribution is -0.0388. The van der Waals surface area contributed by atoms with Gasteiger partial charge in [-0.05, 0) is 30.9 Å². The largest absolute Gasteiger partial charge is 0.478 e. The Kier molecular flexibility index (Phi) is 13.8. The Morgan fingerprint density at radius 3 is 2.30 bits per heavy atom. The summed E-state index contributed by atoms with van der Waals surface area (Å²) in [5.41, 5.74) is 0.00310. The smallest absolute Gasteiger partial charge is 0.339 e. The van der Waals surface area contributed by atoms with E-state index in [0.29, 0.717) is 19.1 Å². The van der Waals surface area contributed by atoms with E-state index in [1.54, 1.807) is 12.1 Å². The van der Waals surface area contributed by atoms with Crippen molar-refractivity contribution >= 4 is 11.9 Å². The molecule has 0 saturated carbocycles. The van der Waals surface area contributed by atoms with E-state index in [4.69, 9.17) is 14.2 Å². The summed E-state index contributed by atoms with van der Waals surface area (Å²) < 4.78 is 17.0. The lowest BCUT2D eigenvalue weighted by atomic mass is 9.93. The minimum atomic E-state index is -1.15. The van der Waals surface area contributed by atoms with Crippen molar-refractivity contribution in [1.82, 2.24) is 0 Å². The highest BCUT2D eigenvalue weighted by atomic mass is 16.6. The summed E-state index contributed by atoms with van der Waals surface area (Å²) in [6.07, 6.45) is 7.16. The summed E-state index contributed by atoms with van der Waals surface area (Å²) >= 11 is 0. The van der Waals surface area contributed by atoms with Crippen molar-refractivity contribution < 1.29 is 28.9 Å². The molecular formula is C24H38O6. The van der Waals surface area contributed by atoms with Crippen molar-refractivity contribution in [2.75, 3.05) is 26.4 Å². The monoisotopic (exact) mass is 422 g/mol. The van der Waals surface area contributed by atoms with Crippen molar-refractivity contribution in [3.63, 3.8) is 0 Å². The van der Waals surface area contributed by atoms with Crippen LogP contribution in [0.4, 0.5) is 0 Å². The molecule has 1 rings (SSSR count). The Morgan fingerprint density at radius 1 is 0.967 bits per heavy atom.